The van der Waals surface area contributed by atoms with E-state index < -0.39 is 5.97 Å². The van der Waals surface area contributed by atoms with Gasteiger partial charge in [0.1, 0.15) is 0 Å². The Morgan fingerprint density at radius 3 is 2.09 bits per heavy atom. The van der Waals surface area contributed by atoms with Crippen molar-refractivity contribution in [2.45, 2.75) is 104 Å². The van der Waals surface area contributed by atoms with Gasteiger partial charge in [-0.2, -0.15) is 0 Å². The summed E-state index contributed by atoms with van der Waals surface area (Å²) in [7, 11) is 0. The third kappa shape index (κ3) is 5.96. The van der Waals surface area contributed by atoms with Crippen LogP contribution in [0.5, 0.6) is 0 Å². The predicted octanol–water partition coefficient (Wildman–Crippen LogP) is 8.81. The van der Waals surface area contributed by atoms with E-state index in [4.69, 9.17) is 0 Å². The van der Waals surface area contributed by atoms with E-state index in [1.165, 1.54) is 72.8 Å². The van der Waals surface area contributed by atoms with E-state index in [0.717, 1.165) is 12.0 Å². The van der Waals surface area contributed by atoms with Crippen LogP contribution in [-0.4, -0.2) is 11.1 Å². The molecule has 0 amide bonds. The zero-order valence-corrected chi connectivity index (χ0v) is 21.6. The SMILES string of the molecule is CCCCCCCCc1cc2c(cc1C(C)=Cc1ccc(C(=O)O)cc1)C(C)(C)CC2(C)C. The molecule has 1 aliphatic rings. The van der Waals surface area contributed by atoms with E-state index >= 15 is 0 Å². The van der Waals surface area contributed by atoms with Gasteiger partial charge in [0.25, 0.3) is 0 Å². The highest BCUT2D eigenvalue weighted by Gasteiger charge is 2.42. The molecule has 2 aromatic rings. The Labute approximate surface area is 201 Å². The van der Waals surface area contributed by atoms with Crippen LogP contribution in [0.1, 0.15) is 125 Å². The number of aromatic carboxylic acids is 1. The minimum absolute atomic E-state index is 0.176. The summed E-state index contributed by atoms with van der Waals surface area (Å²) in [6.07, 6.45) is 12.3. The molecule has 3 rings (SSSR count). The summed E-state index contributed by atoms with van der Waals surface area (Å²) in [5, 5.41) is 9.19. The molecular weight excluding hydrogens is 404 g/mol. The number of benzene rings is 2. The number of aryl methyl sites for hydroxylation is 1. The number of unbranched alkanes of at least 4 members (excludes halogenated alkanes) is 5. The van der Waals surface area contributed by atoms with E-state index in [1.54, 1.807) is 12.1 Å². The van der Waals surface area contributed by atoms with E-state index in [-0.39, 0.29) is 10.8 Å². The first-order chi connectivity index (χ1) is 15.5. The van der Waals surface area contributed by atoms with Crippen LogP contribution in [0.25, 0.3) is 11.6 Å². The quantitative estimate of drug-likeness (QED) is 0.292. The Bertz CT molecular complexity index is 1010. The third-order valence-corrected chi connectivity index (χ3v) is 7.35. The van der Waals surface area contributed by atoms with Gasteiger partial charge in [0, 0.05) is 0 Å². The highest BCUT2D eigenvalue weighted by molar-refractivity contribution is 5.88. The first kappa shape index (κ1) is 25.3. The Morgan fingerprint density at radius 1 is 0.909 bits per heavy atom. The van der Waals surface area contributed by atoms with Crippen molar-refractivity contribution in [2.24, 2.45) is 0 Å². The first-order valence-electron chi connectivity index (χ1n) is 12.7. The van der Waals surface area contributed by atoms with Crippen molar-refractivity contribution in [3.63, 3.8) is 0 Å². The molecule has 2 heteroatoms. The molecule has 0 spiro atoms. The lowest BCUT2D eigenvalue weighted by Gasteiger charge is -2.22. The summed E-state index contributed by atoms with van der Waals surface area (Å²) >= 11 is 0. The van der Waals surface area contributed by atoms with Gasteiger partial charge >= 0.3 is 5.97 Å². The number of hydrogen-bond acceptors (Lipinski definition) is 1. The summed E-state index contributed by atoms with van der Waals surface area (Å²) in [5.74, 6) is -0.882. The fraction of sp³-hybridized carbons (Fsp3) is 0.516. The van der Waals surface area contributed by atoms with E-state index in [0.29, 0.717) is 5.56 Å². The standard InChI is InChI=1S/C31H42O2/c1-7-8-9-10-11-12-13-25-19-27-28(31(5,6)21-30(27,3)4)20-26(25)22(2)18-23-14-16-24(17-15-23)29(32)33/h14-20H,7-13,21H2,1-6H3,(H,32,33). The molecule has 1 aliphatic carbocycles. The molecule has 0 fully saturated rings. The topological polar surface area (TPSA) is 37.3 Å². The van der Waals surface area contributed by atoms with Crippen molar-refractivity contribution in [1.82, 2.24) is 0 Å². The molecule has 0 saturated heterocycles. The summed E-state index contributed by atoms with van der Waals surface area (Å²) < 4.78 is 0. The van der Waals surface area contributed by atoms with Gasteiger partial charge in [-0.15, -0.1) is 0 Å². The largest absolute Gasteiger partial charge is 0.478 e. The van der Waals surface area contributed by atoms with Gasteiger partial charge in [-0.05, 0) is 82.5 Å². The maximum atomic E-state index is 11.2. The fourth-order valence-electron chi connectivity index (χ4n) is 5.78. The van der Waals surface area contributed by atoms with Crippen molar-refractivity contribution in [2.75, 3.05) is 0 Å². The highest BCUT2D eigenvalue weighted by Crippen LogP contribution is 2.50. The molecule has 0 unspecified atom stereocenters. The monoisotopic (exact) mass is 446 g/mol. The molecule has 0 bridgehead atoms. The van der Waals surface area contributed by atoms with Crippen LogP contribution < -0.4 is 0 Å². The molecule has 2 nitrogen and oxygen atoms in total. The summed E-state index contributed by atoms with van der Waals surface area (Å²) in [6, 6.07) is 12.2. The van der Waals surface area contributed by atoms with Crippen molar-refractivity contribution in [3.05, 3.63) is 69.8 Å². The number of fused-ring (bicyclic) bond motifs is 1. The average Bonchev–Trinajstić information content (AvgIpc) is 2.93. The third-order valence-electron chi connectivity index (χ3n) is 7.35. The van der Waals surface area contributed by atoms with Crippen molar-refractivity contribution in [3.8, 4) is 0 Å². The number of carbonyl (C=O) groups is 1. The maximum Gasteiger partial charge on any atom is 0.335 e. The van der Waals surface area contributed by atoms with E-state index in [1.807, 2.05) is 12.1 Å². The van der Waals surface area contributed by atoms with Gasteiger partial charge in [0.15, 0.2) is 0 Å². The molecule has 0 radical (unpaired) electrons. The Balaban J connectivity index is 1.94. The highest BCUT2D eigenvalue weighted by atomic mass is 16.4. The fourth-order valence-corrected chi connectivity index (χ4v) is 5.78. The second-order valence-corrected chi connectivity index (χ2v) is 11.3. The molecule has 0 heterocycles. The molecule has 0 saturated carbocycles. The lowest BCUT2D eigenvalue weighted by Crippen LogP contribution is -2.18. The summed E-state index contributed by atoms with van der Waals surface area (Å²) in [5.41, 5.74) is 8.84. The van der Waals surface area contributed by atoms with Crippen molar-refractivity contribution in [1.29, 1.82) is 0 Å². The number of allylic oxidation sites excluding steroid dienone is 1. The van der Waals surface area contributed by atoms with Crippen LogP contribution in [0.2, 0.25) is 0 Å². The number of carboxylic acids is 1. The van der Waals surface area contributed by atoms with E-state index in [9.17, 15) is 9.90 Å². The molecule has 0 aliphatic heterocycles. The van der Waals surface area contributed by atoms with E-state index in [2.05, 4.69) is 59.8 Å². The van der Waals surface area contributed by atoms with Crippen LogP contribution in [0.15, 0.2) is 36.4 Å². The smallest absolute Gasteiger partial charge is 0.335 e. The minimum Gasteiger partial charge on any atom is -0.478 e. The maximum absolute atomic E-state index is 11.2. The van der Waals surface area contributed by atoms with Gasteiger partial charge in [0.2, 0.25) is 0 Å². The molecule has 0 atom stereocenters. The Kier molecular flexibility index (Phi) is 7.88. The second-order valence-electron chi connectivity index (χ2n) is 11.3. The lowest BCUT2D eigenvalue weighted by molar-refractivity contribution is 0.0697. The van der Waals surface area contributed by atoms with Gasteiger partial charge in [-0.3, -0.25) is 0 Å². The van der Waals surface area contributed by atoms with Crippen LogP contribution >= 0.6 is 0 Å². The van der Waals surface area contributed by atoms with Crippen molar-refractivity contribution >= 4 is 17.6 Å². The van der Waals surface area contributed by atoms with Gasteiger partial charge in [-0.1, -0.05) is 97.1 Å². The summed E-state index contributed by atoms with van der Waals surface area (Å²) in [4.78, 5) is 11.2. The molecule has 178 valence electrons. The molecular formula is C31H42O2. The van der Waals surface area contributed by atoms with Crippen molar-refractivity contribution < 1.29 is 9.90 Å². The van der Waals surface area contributed by atoms with Gasteiger partial charge in [-0.25, -0.2) is 4.79 Å². The zero-order valence-electron chi connectivity index (χ0n) is 21.6. The number of rotatable bonds is 10. The second kappa shape index (κ2) is 10.3. The Hall–Kier alpha value is -2.35. The normalized spacial score (nSPS) is 16.6. The lowest BCUT2D eigenvalue weighted by atomic mass is 9.82. The average molecular weight is 447 g/mol. The molecule has 33 heavy (non-hydrogen) atoms. The molecule has 2 aromatic carbocycles. The number of hydrogen-bond donors (Lipinski definition) is 1. The predicted molar refractivity (Wildman–Crippen MR) is 141 cm³/mol. The summed E-state index contributed by atoms with van der Waals surface area (Å²) in [6.45, 7) is 14.0. The Morgan fingerprint density at radius 2 is 1.48 bits per heavy atom. The van der Waals surface area contributed by atoms with Crippen LogP contribution in [0, 0.1) is 0 Å². The zero-order chi connectivity index (χ0) is 24.2. The minimum atomic E-state index is -0.882. The molecule has 0 aromatic heterocycles. The van der Waals surface area contributed by atoms with Gasteiger partial charge in [0.05, 0.1) is 5.56 Å². The molecule has 1 N–H and O–H groups in total. The van der Waals surface area contributed by atoms with Crippen LogP contribution in [0.3, 0.4) is 0 Å². The number of carboxylic acid groups (broad SMARTS) is 1. The first-order valence-corrected chi connectivity index (χ1v) is 12.7. The van der Waals surface area contributed by atoms with Crippen LogP contribution in [0.4, 0.5) is 0 Å². The van der Waals surface area contributed by atoms with Gasteiger partial charge < -0.3 is 5.11 Å². The van der Waals surface area contributed by atoms with Crippen LogP contribution in [-0.2, 0) is 17.3 Å².